The van der Waals surface area contributed by atoms with E-state index in [1.54, 1.807) is 25.1 Å². The van der Waals surface area contributed by atoms with E-state index in [2.05, 4.69) is 31.8 Å². The molecule has 0 radical (unpaired) electrons. The highest BCUT2D eigenvalue weighted by Gasteiger charge is 2.11. The summed E-state index contributed by atoms with van der Waals surface area (Å²) in [5, 5.41) is 16.2. The van der Waals surface area contributed by atoms with Crippen molar-refractivity contribution in [3.05, 3.63) is 57.8 Å². The first-order valence-corrected chi connectivity index (χ1v) is 9.21. The molecule has 0 aliphatic heterocycles. The summed E-state index contributed by atoms with van der Waals surface area (Å²) >= 11 is 3.21. The minimum Gasteiger partial charge on any atom is -0.503 e. The summed E-state index contributed by atoms with van der Waals surface area (Å²) in [5.41, 5.74) is 2.85. The Kier molecular flexibility index (Phi) is 7.94. The molecule has 0 spiro atoms. The smallest absolute Gasteiger partial charge is 0.254 e. The van der Waals surface area contributed by atoms with E-state index in [9.17, 15) is 19.1 Å². The van der Waals surface area contributed by atoms with Crippen LogP contribution < -0.4 is 15.5 Å². The molecule has 0 unspecified atom stereocenters. The van der Waals surface area contributed by atoms with Crippen LogP contribution in [-0.4, -0.2) is 36.3 Å². The highest BCUT2D eigenvalue weighted by molar-refractivity contribution is 9.10. The van der Waals surface area contributed by atoms with E-state index >= 15 is 0 Å². The third-order valence-corrected chi connectivity index (χ3v) is 4.11. The van der Waals surface area contributed by atoms with Gasteiger partial charge in [-0.05, 0) is 52.7 Å². The molecule has 148 valence electrons. The predicted molar refractivity (Wildman–Crippen MR) is 106 cm³/mol. The molecule has 0 saturated heterocycles. The minimum absolute atomic E-state index is 0.0198. The number of amides is 2. The van der Waals surface area contributed by atoms with Crippen LogP contribution in [0, 0.1) is 5.82 Å². The fraction of sp³-hybridized carbons (Fsp3) is 0.211. The first-order valence-electron chi connectivity index (χ1n) is 8.42. The van der Waals surface area contributed by atoms with Crippen molar-refractivity contribution in [2.24, 2.45) is 5.10 Å². The van der Waals surface area contributed by atoms with Crippen LogP contribution in [0.1, 0.15) is 29.3 Å². The van der Waals surface area contributed by atoms with Gasteiger partial charge in [-0.1, -0.05) is 12.1 Å². The predicted octanol–water partition coefficient (Wildman–Crippen LogP) is 2.96. The molecule has 3 N–H and O–H groups in total. The van der Waals surface area contributed by atoms with Crippen LogP contribution in [0.2, 0.25) is 0 Å². The molecule has 0 saturated carbocycles. The van der Waals surface area contributed by atoms with E-state index in [-0.39, 0.29) is 24.3 Å². The summed E-state index contributed by atoms with van der Waals surface area (Å²) < 4.78 is 19.2. The van der Waals surface area contributed by atoms with Gasteiger partial charge in [-0.25, -0.2) is 9.82 Å². The number of carbonyl (C=O) groups is 2. The number of halogens is 2. The van der Waals surface area contributed by atoms with Crippen molar-refractivity contribution >= 4 is 34.0 Å². The van der Waals surface area contributed by atoms with Gasteiger partial charge in [0.15, 0.2) is 11.5 Å². The number of nitrogens with one attached hydrogen (secondary N) is 2. The first-order chi connectivity index (χ1) is 13.4. The van der Waals surface area contributed by atoms with Crippen molar-refractivity contribution in [3.8, 4) is 11.5 Å². The molecule has 2 amide bonds. The Balaban J connectivity index is 1.82. The van der Waals surface area contributed by atoms with Crippen LogP contribution >= 0.6 is 15.9 Å². The second kappa shape index (κ2) is 10.4. The fourth-order valence-electron chi connectivity index (χ4n) is 2.20. The quantitative estimate of drug-likeness (QED) is 0.424. The maximum Gasteiger partial charge on any atom is 0.254 e. The third kappa shape index (κ3) is 6.05. The Morgan fingerprint density at radius 2 is 2.07 bits per heavy atom. The molecule has 2 rings (SSSR count). The number of benzene rings is 2. The monoisotopic (exact) mass is 451 g/mol. The number of hydrogen-bond acceptors (Lipinski definition) is 5. The number of hydrazone groups is 1. The fourth-order valence-corrected chi connectivity index (χ4v) is 2.66. The zero-order valence-electron chi connectivity index (χ0n) is 15.0. The third-order valence-electron chi connectivity index (χ3n) is 3.51. The van der Waals surface area contributed by atoms with Gasteiger partial charge in [-0.3, -0.25) is 9.59 Å². The van der Waals surface area contributed by atoms with Crippen LogP contribution in [0.4, 0.5) is 4.39 Å². The van der Waals surface area contributed by atoms with Crippen molar-refractivity contribution in [2.45, 2.75) is 13.3 Å². The van der Waals surface area contributed by atoms with Crippen molar-refractivity contribution in [1.82, 2.24) is 10.7 Å². The van der Waals surface area contributed by atoms with Gasteiger partial charge in [0.1, 0.15) is 5.82 Å². The second-order valence-corrected chi connectivity index (χ2v) is 6.42. The highest BCUT2D eigenvalue weighted by Crippen LogP contribution is 2.34. The molecule has 0 bridgehead atoms. The molecule has 7 nitrogen and oxygen atoms in total. The van der Waals surface area contributed by atoms with Gasteiger partial charge >= 0.3 is 0 Å². The number of aromatic hydroxyl groups is 1. The van der Waals surface area contributed by atoms with Crippen LogP contribution in [0.15, 0.2) is 46.0 Å². The summed E-state index contributed by atoms with van der Waals surface area (Å²) in [6.07, 6.45) is 1.36. The molecular formula is C19H19BrFN3O4. The number of ether oxygens (including phenoxy) is 1. The Morgan fingerprint density at radius 3 is 2.79 bits per heavy atom. The largest absolute Gasteiger partial charge is 0.503 e. The van der Waals surface area contributed by atoms with Gasteiger partial charge in [-0.15, -0.1) is 0 Å². The minimum atomic E-state index is -0.625. The number of hydrogen-bond donors (Lipinski definition) is 3. The Morgan fingerprint density at radius 1 is 1.32 bits per heavy atom. The number of phenolic OH excluding ortho intramolecular Hbond substituents is 1. The van der Waals surface area contributed by atoms with Gasteiger partial charge in [-0.2, -0.15) is 5.10 Å². The molecule has 2 aromatic carbocycles. The molecule has 0 atom stereocenters. The molecule has 0 heterocycles. The maximum atomic E-state index is 13.5. The van der Waals surface area contributed by atoms with Crippen LogP contribution in [0.3, 0.4) is 0 Å². The molecule has 0 fully saturated rings. The standard InChI is InChI=1S/C19H19BrFN3O4/c1-2-28-16-10-12(9-14(20)18(16)26)11-23-24-17(25)7-8-22-19(27)13-5-3-4-6-15(13)21/h3-6,9-11,26H,2,7-8H2,1H3,(H,22,27)(H,24,25)/b23-11+. The van der Waals surface area contributed by atoms with Crippen molar-refractivity contribution < 1.29 is 23.8 Å². The second-order valence-electron chi connectivity index (χ2n) is 5.56. The van der Waals surface area contributed by atoms with Crippen molar-refractivity contribution in [2.75, 3.05) is 13.2 Å². The number of rotatable bonds is 8. The highest BCUT2D eigenvalue weighted by atomic mass is 79.9. The molecule has 9 heteroatoms. The van der Waals surface area contributed by atoms with E-state index in [1.807, 2.05) is 0 Å². The summed E-state index contributed by atoms with van der Waals surface area (Å²) in [5.74, 6) is -1.37. The SMILES string of the molecule is CCOc1cc(/C=N/NC(=O)CCNC(=O)c2ccccc2F)cc(Br)c1O. The summed E-state index contributed by atoms with van der Waals surface area (Å²) in [6.45, 7) is 2.21. The Hall–Kier alpha value is -2.94. The van der Waals surface area contributed by atoms with Crippen LogP contribution in [-0.2, 0) is 4.79 Å². The zero-order chi connectivity index (χ0) is 20.5. The normalized spacial score (nSPS) is 10.7. The van der Waals surface area contributed by atoms with Crippen molar-refractivity contribution in [3.63, 3.8) is 0 Å². The molecular weight excluding hydrogens is 433 g/mol. The summed E-state index contributed by atoms with van der Waals surface area (Å²) in [6, 6.07) is 8.78. The topological polar surface area (TPSA) is 100 Å². The lowest BCUT2D eigenvalue weighted by molar-refractivity contribution is -0.120. The van der Waals surface area contributed by atoms with Crippen molar-refractivity contribution in [1.29, 1.82) is 0 Å². The lowest BCUT2D eigenvalue weighted by atomic mass is 10.2. The molecule has 2 aromatic rings. The Bertz CT molecular complexity index is 889. The maximum absolute atomic E-state index is 13.5. The number of phenols is 1. The van der Waals surface area contributed by atoms with Gasteiger partial charge in [0.05, 0.1) is 22.9 Å². The average molecular weight is 452 g/mol. The van der Waals surface area contributed by atoms with Gasteiger partial charge < -0.3 is 15.2 Å². The zero-order valence-corrected chi connectivity index (χ0v) is 16.6. The first kappa shape index (κ1) is 21.4. The summed E-state index contributed by atoms with van der Waals surface area (Å²) in [4.78, 5) is 23.6. The Labute approximate surface area is 169 Å². The molecule has 0 aliphatic carbocycles. The molecule has 28 heavy (non-hydrogen) atoms. The lowest BCUT2D eigenvalue weighted by Crippen LogP contribution is -2.29. The van der Waals surface area contributed by atoms with Gasteiger partial charge in [0.2, 0.25) is 5.91 Å². The molecule has 0 aliphatic rings. The summed E-state index contributed by atoms with van der Waals surface area (Å²) in [7, 11) is 0. The number of nitrogens with zero attached hydrogens (tertiary/aromatic N) is 1. The average Bonchev–Trinajstić information content (AvgIpc) is 2.66. The van der Waals surface area contributed by atoms with E-state index < -0.39 is 17.6 Å². The van der Waals surface area contributed by atoms with Crippen LogP contribution in [0.5, 0.6) is 11.5 Å². The number of carbonyl (C=O) groups excluding carboxylic acids is 2. The van der Waals surface area contributed by atoms with Gasteiger partial charge in [0, 0.05) is 13.0 Å². The lowest BCUT2D eigenvalue weighted by Gasteiger charge is -2.08. The van der Waals surface area contributed by atoms with Gasteiger partial charge in [0.25, 0.3) is 5.91 Å². The van der Waals surface area contributed by atoms with E-state index in [1.165, 1.54) is 24.4 Å². The van der Waals surface area contributed by atoms with E-state index in [0.717, 1.165) is 0 Å². The van der Waals surface area contributed by atoms with Crippen LogP contribution in [0.25, 0.3) is 0 Å². The van der Waals surface area contributed by atoms with E-state index in [4.69, 9.17) is 4.74 Å². The van der Waals surface area contributed by atoms with E-state index in [0.29, 0.717) is 22.4 Å². The molecule has 0 aromatic heterocycles.